The molecule has 2 rings (SSSR count). The molecule has 0 aliphatic heterocycles. The van der Waals surface area contributed by atoms with Crippen LogP contribution < -0.4 is 10.0 Å². The van der Waals surface area contributed by atoms with E-state index in [4.69, 9.17) is 0 Å². The first-order valence-electron chi connectivity index (χ1n) is 7.50. The number of thiophene rings is 1. The molecule has 1 saturated carbocycles. The van der Waals surface area contributed by atoms with Crippen LogP contribution >= 0.6 is 11.3 Å². The molecule has 2 N–H and O–H groups in total. The van der Waals surface area contributed by atoms with Gasteiger partial charge in [0.1, 0.15) is 4.21 Å². The van der Waals surface area contributed by atoms with Crippen molar-refractivity contribution in [2.45, 2.75) is 57.3 Å². The van der Waals surface area contributed by atoms with E-state index >= 15 is 0 Å². The van der Waals surface area contributed by atoms with Crippen LogP contribution in [0.3, 0.4) is 0 Å². The minimum absolute atomic E-state index is 0.0946. The number of nitrogens with one attached hydrogen (secondary N) is 2. The Bertz CT molecular complexity index is 569. The van der Waals surface area contributed by atoms with E-state index in [9.17, 15) is 8.42 Å². The first-order chi connectivity index (χ1) is 9.68. The van der Waals surface area contributed by atoms with E-state index in [2.05, 4.69) is 37.7 Å². The Kier molecular flexibility index (Phi) is 5.13. The van der Waals surface area contributed by atoms with E-state index in [1.807, 2.05) is 6.07 Å². The summed E-state index contributed by atoms with van der Waals surface area (Å²) in [5, 5.41) is 3.40. The lowest BCUT2D eigenvalue weighted by Gasteiger charge is -2.27. The van der Waals surface area contributed by atoms with Gasteiger partial charge in [-0.3, -0.25) is 0 Å². The summed E-state index contributed by atoms with van der Waals surface area (Å²) in [5.41, 5.74) is 0.0946. The average Bonchev–Trinajstić information content (AvgIpc) is 3.08. The second-order valence-corrected chi connectivity index (χ2v) is 10.2. The molecule has 6 heteroatoms. The zero-order chi connectivity index (χ0) is 15.7. The Hall–Kier alpha value is -0.430. The van der Waals surface area contributed by atoms with Gasteiger partial charge >= 0.3 is 0 Å². The number of hydrogen-bond donors (Lipinski definition) is 2. The highest BCUT2D eigenvalue weighted by Gasteiger charge is 2.24. The number of hydrogen-bond acceptors (Lipinski definition) is 4. The maximum atomic E-state index is 12.3. The Morgan fingerprint density at radius 2 is 2.00 bits per heavy atom. The quantitative estimate of drug-likeness (QED) is 0.808. The molecule has 120 valence electrons. The summed E-state index contributed by atoms with van der Waals surface area (Å²) in [6.45, 7) is 9.68. The van der Waals surface area contributed by atoms with Crippen molar-refractivity contribution in [1.82, 2.24) is 10.0 Å². The minimum atomic E-state index is -3.38. The van der Waals surface area contributed by atoms with Crippen LogP contribution in [0, 0.1) is 11.3 Å². The fourth-order valence-electron chi connectivity index (χ4n) is 1.74. The third-order valence-corrected chi connectivity index (χ3v) is 7.10. The van der Waals surface area contributed by atoms with E-state index in [1.165, 1.54) is 24.2 Å². The van der Waals surface area contributed by atoms with Gasteiger partial charge in [0.05, 0.1) is 0 Å². The van der Waals surface area contributed by atoms with E-state index in [0.717, 1.165) is 11.4 Å². The summed E-state index contributed by atoms with van der Waals surface area (Å²) in [6.07, 6.45) is 2.48. The standard InChI is InChI=1S/C15H26N2O2S2/c1-11(15(2,3)4)9-17-21(18,19)14-8-7-13(20-14)10-16-12-5-6-12/h7-8,11-12,16-17H,5-6,9-10H2,1-4H3. The first-order valence-corrected chi connectivity index (χ1v) is 9.80. The predicted molar refractivity (Wildman–Crippen MR) is 88.0 cm³/mol. The van der Waals surface area contributed by atoms with Crippen molar-refractivity contribution in [2.24, 2.45) is 11.3 Å². The molecular formula is C15H26N2O2S2. The Morgan fingerprint density at radius 3 is 2.57 bits per heavy atom. The molecule has 1 aliphatic carbocycles. The van der Waals surface area contributed by atoms with Crippen molar-refractivity contribution < 1.29 is 8.42 Å². The second kappa shape index (κ2) is 6.36. The van der Waals surface area contributed by atoms with Crippen molar-refractivity contribution in [3.05, 3.63) is 17.0 Å². The lowest BCUT2D eigenvalue weighted by Crippen LogP contribution is -2.33. The van der Waals surface area contributed by atoms with Gasteiger partial charge in [0.25, 0.3) is 0 Å². The van der Waals surface area contributed by atoms with Gasteiger partial charge in [0.15, 0.2) is 0 Å². The van der Waals surface area contributed by atoms with Crippen LogP contribution in [0.4, 0.5) is 0 Å². The van der Waals surface area contributed by atoms with Gasteiger partial charge < -0.3 is 5.32 Å². The van der Waals surface area contributed by atoms with Crippen molar-refractivity contribution in [3.8, 4) is 0 Å². The Labute approximate surface area is 132 Å². The van der Waals surface area contributed by atoms with E-state index in [0.29, 0.717) is 16.8 Å². The van der Waals surface area contributed by atoms with Crippen LogP contribution in [0.1, 0.15) is 45.4 Å². The lowest BCUT2D eigenvalue weighted by atomic mass is 9.82. The summed E-state index contributed by atoms with van der Waals surface area (Å²) in [7, 11) is -3.38. The molecule has 4 nitrogen and oxygen atoms in total. The van der Waals surface area contributed by atoms with E-state index in [1.54, 1.807) is 6.07 Å². The van der Waals surface area contributed by atoms with Crippen LogP contribution in [0.15, 0.2) is 16.3 Å². The average molecular weight is 331 g/mol. The molecule has 1 atom stereocenters. The van der Waals surface area contributed by atoms with Crippen molar-refractivity contribution in [3.63, 3.8) is 0 Å². The summed E-state index contributed by atoms with van der Waals surface area (Å²) >= 11 is 1.36. The molecular weight excluding hydrogens is 304 g/mol. The molecule has 21 heavy (non-hydrogen) atoms. The SMILES string of the molecule is CC(CNS(=O)(=O)c1ccc(CNC2CC2)s1)C(C)(C)C. The molecule has 0 amide bonds. The third kappa shape index (κ3) is 5.06. The largest absolute Gasteiger partial charge is 0.309 e. The zero-order valence-corrected chi connectivity index (χ0v) is 14.9. The maximum Gasteiger partial charge on any atom is 0.250 e. The Morgan fingerprint density at radius 1 is 1.33 bits per heavy atom. The molecule has 0 aromatic carbocycles. The van der Waals surface area contributed by atoms with E-state index < -0.39 is 10.0 Å². The topological polar surface area (TPSA) is 58.2 Å². The highest BCUT2D eigenvalue weighted by molar-refractivity contribution is 7.91. The maximum absolute atomic E-state index is 12.3. The molecule has 0 saturated heterocycles. The van der Waals surface area contributed by atoms with E-state index in [-0.39, 0.29) is 11.3 Å². The molecule has 1 heterocycles. The van der Waals surface area contributed by atoms with Gasteiger partial charge in [-0.2, -0.15) is 0 Å². The summed E-state index contributed by atoms with van der Waals surface area (Å²) in [5.74, 6) is 0.281. The van der Waals surface area contributed by atoms with Crippen molar-refractivity contribution >= 4 is 21.4 Å². The van der Waals surface area contributed by atoms with Gasteiger partial charge in [-0.1, -0.05) is 27.7 Å². The predicted octanol–water partition coefficient (Wildman–Crippen LogP) is 2.96. The zero-order valence-electron chi connectivity index (χ0n) is 13.3. The van der Waals surface area contributed by atoms with Gasteiger partial charge in [-0.15, -0.1) is 11.3 Å². The molecule has 1 aromatic rings. The molecule has 0 spiro atoms. The highest BCUT2D eigenvalue weighted by atomic mass is 32.2. The van der Waals surface area contributed by atoms with Crippen molar-refractivity contribution in [1.29, 1.82) is 0 Å². The summed E-state index contributed by atoms with van der Waals surface area (Å²) in [6, 6.07) is 4.25. The Balaban J connectivity index is 1.92. The summed E-state index contributed by atoms with van der Waals surface area (Å²) in [4.78, 5) is 1.08. The monoisotopic (exact) mass is 330 g/mol. The second-order valence-electron chi connectivity index (χ2n) is 6.99. The van der Waals surface area contributed by atoms with Crippen LogP contribution in [0.25, 0.3) is 0 Å². The van der Waals surface area contributed by atoms with Gasteiger partial charge in [0.2, 0.25) is 10.0 Å². The normalized spacial score (nSPS) is 17.9. The number of rotatable bonds is 7. The van der Waals surface area contributed by atoms with Crippen LogP contribution in [-0.4, -0.2) is 21.0 Å². The summed E-state index contributed by atoms with van der Waals surface area (Å²) < 4.78 is 27.8. The molecule has 1 unspecified atom stereocenters. The van der Waals surface area contributed by atoms with Crippen LogP contribution in [-0.2, 0) is 16.6 Å². The first kappa shape index (κ1) is 16.9. The smallest absolute Gasteiger partial charge is 0.250 e. The van der Waals surface area contributed by atoms with Crippen LogP contribution in [0.5, 0.6) is 0 Å². The molecule has 0 bridgehead atoms. The highest BCUT2D eigenvalue weighted by Crippen LogP contribution is 2.26. The van der Waals surface area contributed by atoms with Crippen molar-refractivity contribution in [2.75, 3.05) is 6.54 Å². The fraction of sp³-hybridized carbons (Fsp3) is 0.733. The minimum Gasteiger partial charge on any atom is -0.309 e. The fourth-order valence-corrected chi connectivity index (χ4v) is 4.22. The molecule has 1 aromatic heterocycles. The third-order valence-electron chi connectivity index (χ3n) is 4.10. The molecule has 0 radical (unpaired) electrons. The molecule has 1 aliphatic rings. The van der Waals surface area contributed by atoms with Crippen LogP contribution in [0.2, 0.25) is 0 Å². The molecule has 1 fully saturated rings. The van der Waals surface area contributed by atoms with Gasteiger partial charge in [0, 0.05) is 24.0 Å². The van der Waals surface area contributed by atoms with Gasteiger partial charge in [-0.25, -0.2) is 13.1 Å². The lowest BCUT2D eigenvalue weighted by molar-refractivity contribution is 0.263. The van der Waals surface area contributed by atoms with Gasteiger partial charge in [-0.05, 0) is 36.3 Å². The number of sulfonamides is 1.